The van der Waals surface area contributed by atoms with Gasteiger partial charge >= 0.3 is 0 Å². The van der Waals surface area contributed by atoms with Crippen molar-refractivity contribution < 1.29 is 5.11 Å². The molecule has 1 aromatic rings. The van der Waals surface area contributed by atoms with Gasteiger partial charge in [-0.1, -0.05) is 12.8 Å². The van der Waals surface area contributed by atoms with Crippen LogP contribution in [0.5, 0.6) is 0 Å². The second-order valence-corrected chi connectivity index (χ2v) is 3.94. The maximum Gasteiger partial charge on any atom is 0.147 e. The number of aliphatic hydroxyl groups is 1. The summed E-state index contributed by atoms with van der Waals surface area (Å²) in [6, 6.07) is 0.212. The molecule has 1 N–H and O–H groups in total. The molecule has 2 rings (SSSR count). The van der Waals surface area contributed by atoms with Gasteiger partial charge in [-0.2, -0.15) is 0 Å². The van der Waals surface area contributed by atoms with Crippen LogP contribution < -0.4 is 4.90 Å². The molecule has 4 nitrogen and oxygen atoms in total. The summed E-state index contributed by atoms with van der Waals surface area (Å²) in [6.07, 6.45) is 9.81. The molecule has 1 fully saturated rings. The first-order chi connectivity index (χ1) is 7.42. The van der Waals surface area contributed by atoms with Crippen molar-refractivity contribution in [2.75, 3.05) is 18.1 Å². The Bertz CT molecular complexity index is 291. The fraction of sp³-hybridized carbons (Fsp3) is 0.636. The first-order valence-corrected chi connectivity index (χ1v) is 5.55. The quantitative estimate of drug-likeness (QED) is 0.792. The van der Waals surface area contributed by atoms with Gasteiger partial charge in [0.05, 0.1) is 18.8 Å². The van der Waals surface area contributed by atoms with Crippen molar-refractivity contribution in [3.05, 3.63) is 18.6 Å². The van der Waals surface area contributed by atoms with Crippen molar-refractivity contribution in [1.82, 2.24) is 9.97 Å². The Kier molecular flexibility index (Phi) is 3.50. The number of hydrogen-bond donors (Lipinski definition) is 1. The van der Waals surface area contributed by atoms with Gasteiger partial charge in [-0.15, -0.1) is 0 Å². The van der Waals surface area contributed by atoms with E-state index in [1.165, 1.54) is 19.3 Å². The van der Waals surface area contributed by atoms with E-state index in [4.69, 9.17) is 0 Å². The first-order valence-electron chi connectivity index (χ1n) is 5.55. The topological polar surface area (TPSA) is 49.2 Å². The zero-order valence-corrected chi connectivity index (χ0v) is 8.84. The van der Waals surface area contributed by atoms with Crippen molar-refractivity contribution in [2.45, 2.75) is 31.7 Å². The first kappa shape index (κ1) is 10.4. The standard InChI is InChI=1S/C11H17N3O/c15-9-10-4-2-1-3-7-14(10)11-8-12-5-6-13-11/h5-6,8,10,15H,1-4,7,9H2. The molecule has 0 bridgehead atoms. The second-order valence-electron chi connectivity index (χ2n) is 3.94. The van der Waals surface area contributed by atoms with Crippen molar-refractivity contribution in [3.8, 4) is 0 Å². The molecule has 0 amide bonds. The summed E-state index contributed by atoms with van der Waals surface area (Å²) < 4.78 is 0. The number of nitrogens with zero attached hydrogens (tertiary/aromatic N) is 3. The largest absolute Gasteiger partial charge is 0.394 e. The molecule has 1 aromatic heterocycles. The highest BCUT2D eigenvalue weighted by atomic mass is 16.3. The molecule has 2 heterocycles. The Morgan fingerprint density at radius 2 is 2.27 bits per heavy atom. The van der Waals surface area contributed by atoms with E-state index in [1.54, 1.807) is 18.6 Å². The Balaban J connectivity index is 2.16. The van der Waals surface area contributed by atoms with Gasteiger partial charge in [-0.05, 0) is 12.8 Å². The van der Waals surface area contributed by atoms with E-state index in [0.29, 0.717) is 0 Å². The molecule has 0 aromatic carbocycles. The van der Waals surface area contributed by atoms with Gasteiger partial charge in [0.15, 0.2) is 0 Å². The molecular formula is C11H17N3O. The van der Waals surface area contributed by atoms with Crippen LogP contribution in [-0.4, -0.2) is 34.3 Å². The minimum atomic E-state index is 0.205. The van der Waals surface area contributed by atoms with Gasteiger partial charge in [0.1, 0.15) is 5.82 Å². The van der Waals surface area contributed by atoms with Crippen LogP contribution in [0.4, 0.5) is 5.82 Å². The molecule has 0 radical (unpaired) electrons. The fourth-order valence-corrected chi connectivity index (χ4v) is 2.11. The molecular weight excluding hydrogens is 190 g/mol. The molecule has 1 saturated heterocycles. The van der Waals surface area contributed by atoms with Crippen LogP contribution in [0.25, 0.3) is 0 Å². The predicted molar refractivity (Wildman–Crippen MR) is 58.7 cm³/mol. The summed E-state index contributed by atoms with van der Waals surface area (Å²) in [6.45, 7) is 1.18. The van der Waals surface area contributed by atoms with Gasteiger partial charge < -0.3 is 10.0 Å². The molecule has 1 unspecified atom stereocenters. The molecule has 4 heteroatoms. The van der Waals surface area contributed by atoms with Gasteiger partial charge in [0, 0.05) is 18.9 Å². The monoisotopic (exact) mass is 207 g/mol. The zero-order valence-electron chi connectivity index (χ0n) is 8.84. The molecule has 0 spiro atoms. The van der Waals surface area contributed by atoms with E-state index in [9.17, 15) is 5.11 Å². The zero-order chi connectivity index (χ0) is 10.5. The SMILES string of the molecule is OCC1CCCCCN1c1cnccn1. The number of aromatic nitrogens is 2. The van der Waals surface area contributed by atoms with Crippen LogP contribution in [0.15, 0.2) is 18.6 Å². The minimum absolute atomic E-state index is 0.205. The van der Waals surface area contributed by atoms with Crippen molar-refractivity contribution in [3.63, 3.8) is 0 Å². The van der Waals surface area contributed by atoms with E-state index in [-0.39, 0.29) is 12.6 Å². The fourth-order valence-electron chi connectivity index (χ4n) is 2.11. The highest BCUT2D eigenvalue weighted by Gasteiger charge is 2.21. The normalized spacial score (nSPS) is 22.5. The van der Waals surface area contributed by atoms with Gasteiger partial charge in [0.2, 0.25) is 0 Å². The van der Waals surface area contributed by atoms with E-state index in [2.05, 4.69) is 14.9 Å². The molecule has 0 saturated carbocycles. The van der Waals surface area contributed by atoms with Crippen molar-refractivity contribution in [2.24, 2.45) is 0 Å². The van der Waals surface area contributed by atoms with E-state index < -0.39 is 0 Å². The van der Waals surface area contributed by atoms with Crippen LogP contribution in [0.3, 0.4) is 0 Å². The van der Waals surface area contributed by atoms with Gasteiger partial charge in [-0.3, -0.25) is 4.98 Å². The van der Waals surface area contributed by atoms with E-state index in [0.717, 1.165) is 18.8 Å². The second kappa shape index (κ2) is 5.07. The Morgan fingerprint density at radius 1 is 1.33 bits per heavy atom. The van der Waals surface area contributed by atoms with Crippen molar-refractivity contribution >= 4 is 5.82 Å². The maximum atomic E-state index is 9.36. The highest BCUT2D eigenvalue weighted by molar-refractivity contribution is 5.36. The van der Waals surface area contributed by atoms with Crippen LogP contribution in [0, 0.1) is 0 Å². The molecule has 1 aliphatic heterocycles. The van der Waals surface area contributed by atoms with Gasteiger partial charge in [0.25, 0.3) is 0 Å². The molecule has 1 aliphatic rings. The average molecular weight is 207 g/mol. The van der Waals surface area contributed by atoms with Crippen molar-refractivity contribution in [1.29, 1.82) is 0 Å². The third-order valence-electron chi connectivity index (χ3n) is 2.93. The lowest BCUT2D eigenvalue weighted by Gasteiger charge is -2.29. The van der Waals surface area contributed by atoms with Crippen LogP contribution >= 0.6 is 0 Å². The number of rotatable bonds is 2. The maximum absolute atomic E-state index is 9.36. The smallest absolute Gasteiger partial charge is 0.147 e. The lowest BCUT2D eigenvalue weighted by molar-refractivity contribution is 0.254. The lowest BCUT2D eigenvalue weighted by Crippen LogP contribution is -2.38. The number of anilines is 1. The summed E-state index contributed by atoms with van der Waals surface area (Å²) in [5.74, 6) is 0.887. The van der Waals surface area contributed by atoms with Crippen LogP contribution in [-0.2, 0) is 0 Å². The Labute approximate surface area is 90.0 Å². The van der Waals surface area contributed by atoms with E-state index in [1.807, 2.05) is 0 Å². The Morgan fingerprint density at radius 3 is 3.00 bits per heavy atom. The molecule has 0 aliphatic carbocycles. The minimum Gasteiger partial charge on any atom is -0.394 e. The highest BCUT2D eigenvalue weighted by Crippen LogP contribution is 2.21. The number of hydrogen-bond acceptors (Lipinski definition) is 4. The summed E-state index contributed by atoms with van der Waals surface area (Å²) in [5.41, 5.74) is 0. The Hall–Kier alpha value is -1.16. The average Bonchev–Trinajstić information content (AvgIpc) is 2.55. The molecule has 15 heavy (non-hydrogen) atoms. The van der Waals surface area contributed by atoms with Gasteiger partial charge in [-0.25, -0.2) is 4.98 Å². The predicted octanol–water partition coefficient (Wildman–Crippen LogP) is 1.22. The summed E-state index contributed by atoms with van der Waals surface area (Å²) in [4.78, 5) is 10.5. The molecule has 82 valence electrons. The number of aliphatic hydroxyl groups excluding tert-OH is 1. The summed E-state index contributed by atoms with van der Waals surface area (Å²) in [7, 11) is 0. The lowest BCUT2D eigenvalue weighted by atomic mass is 10.1. The summed E-state index contributed by atoms with van der Waals surface area (Å²) in [5, 5.41) is 9.36. The van der Waals surface area contributed by atoms with Crippen LogP contribution in [0.1, 0.15) is 25.7 Å². The summed E-state index contributed by atoms with van der Waals surface area (Å²) >= 11 is 0. The molecule has 1 atom stereocenters. The van der Waals surface area contributed by atoms with Crippen LogP contribution in [0.2, 0.25) is 0 Å². The third kappa shape index (κ3) is 2.45. The third-order valence-corrected chi connectivity index (χ3v) is 2.93. The van der Waals surface area contributed by atoms with E-state index >= 15 is 0 Å².